The third kappa shape index (κ3) is 1.94. The molecule has 0 N–H and O–H groups in total. The number of benzene rings is 1. The quantitative estimate of drug-likeness (QED) is 0.740. The number of carbonyl (C=O) groups is 1. The van der Waals surface area contributed by atoms with Crippen LogP contribution >= 0.6 is 0 Å². The van der Waals surface area contributed by atoms with Gasteiger partial charge in [-0.3, -0.25) is 9.78 Å². The van der Waals surface area contributed by atoms with E-state index in [1.807, 2.05) is 24.3 Å². The summed E-state index contributed by atoms with van der Waals surface area (Å²) in [6, 6.07) is 9.64. The summed E-state index contributed by atoms with van der Waals surface area (Å²) < 4.78 is 5.37. The zero-order valence-corrected chi connectivity index (χ0v) is 9.43. The minimum absolute atomic E-state index is 0.421. The predicted octanol–water partition coefficient (Wildman–Crippen LogP) is 2.55. The molecule has 1 aliphatic rings. The molecule has 1 aromatic heterocycles. The molecule has 3 nitrogen and oxygen atoms in total. The summed E-state index contributed by atoms with van der Waals surface area (Å²) in [7, 11) is 0. The van der Waals surface area contributed by atoms with Crippen molar-refractivity contribution >= 4 is 17.2 Å². The van der Waals surface area contributed by atoms with Gasteiger partial charge in [0, 0.05) is 29.2 Å². The van der Waals surface area contributed by atoms with Crippen LogP contribution in [0.4, 0.5) is 0 Å². The zero-order valence-electron chi connectivity index (χ0n) is 9.43. The minimum Gasteiger partial charge on any atom is -0.381 e. The summed E-state index contributed by atoms with van der Waals surface area (Å²) in [5, 5.41) is 1.01. The number of hydrogen-bond donors (Lipinski definition) is 0. The molecule has 17 heavy (non-hydrogen) atoms. The average Bonchev–Trinajstić information content (AvgIpc) is 2.91. The molecule has 0 aliphatic carbocycles. The summed E-state index contributed by atoms with van der Waals surface area (Å²) >= 11 is 0. The van der Waals surface area contributed by atoms with Crippen LogP contribution in [0.15, 0.2) is 30.3 Å². The highest BCUT2D eigenvalue weighted by atomic mass is 16.5. The Bertz CT molecular complexity index is 559. The van der Waals surface area contributed by atoms with Gasteiger partial charge in [-0.25, -0.2) is 0 Å². The topological polar surface area (TPSA) is 39.2 Å². The standard InChI is InChI=1S/C14H13NO2/c16-8-10-1-3-13-11(7-10)2-4-14(15-13)12-5-6-17-9-12/h1-4,7-8,12H,5-6,9H2/t12-/m1/s1. The fourth-order valence-electron chi connectivity index (χ4n) is 2.23. The molecule has 86 valence electrons. The molecule has 0 bridgehead atoms. The number of ether oxygens (including phenoxy) is 1. The Labute approximate surface area is 99.4 Å². The van der Waals surface area contributed by atoms with Crippen molar-refractivity contribution in [2.45, 2.75) is 12.3 Å². The van der Waals surface area contributed by atoms with Crippen molar-refractivity contribution in [1.29, 1.82) is 0 Å². The van der Waals surface area contributed by atoms with Gasteiger partial charge < -0.3 is 4.74 Å². The molecule has 0 saturated carbocycles. The molecule has 1 saturated heterocycles. The van der Waals surface area contributed by atoms with Gasteiger partial charge in [0.2, 0.25) is 0 Å². The molecule has 1 aliphatic heterocycles. The van der Waals surface area contributed by atoms with Crippen molar-refractivity contribution in [1.82, 2.24) is 4.98 Å². The zero-order chi connectivity index (χ0) is 11.7. The van der Waals surface area contributed by atoms with E-state index >= 15 is 0 Å². The Morgan fingerprint density at radius 3 is 3.00 bits per heavy atom. The van der Waals surface area contributed by atoms with Gasteiger partial charge in [-0.15, -0.1) is 0 Å². The van der Waals surface area contributed by atoms with Crippen molar-refractivity contribution < 1.29 is 9.53 Å². The first-order valence-corrected chi connectivity index (χ1v) is 5.80. The number of carbonyl (C=O) groups excluding carboxylic acids is 1. The minimum atomic E-state index is 0.421. The maximum Gasteiger partial charge on any atom is 0.150 e. The fourth-order valence-corrected chi connectivity index (χ4v) is 2.23. The van der Waals surface area contributed by atoms with Gasteiger partial charge in [0.25, 0.3) is 0 Å². The Morgan fingerprint density at radius 1 is 1.29 bits per heavy atom. The van der Waals surface area contributed by atoms with Crippen LogP contribution in [0.2, 0.25) is 0 Å². The second-order valence-electron chi connectivity index (χ2n) is 4.37. The van der Waals surface area contributed by atoms with E-state index < -0.39 is 0 Å². The molecule has 0 amide bonds. The molecule has 1 fully saturated rings. The number of pyridine rings is 1. The highest BCUT2D eigenvalue weighted by Crippen LogP contribution is 2.25. The SMILES string of the molecule is O=Cc1ccc2nc([C@@H]3CCOC3)ccc2c1. The van der Waals surface area contributed by atoms with E-state index in [-0.39, 0.29) is 0 Å². The van der Waals surface area contributed by atoms with Gasteiger partial charge in [0.05, 0.1) is 12.1 Å². The third-order valence-corrected chi connectivity index (χ3v) is 3.22. The molecule has 0 spiro atoms. The van der Waals surface area contributed by atoms with E-state index in [0.717, 1.165) is 42.5 Å². The van der Waals surface area contributed by atoms with Crippen LogP contribution in [-0.4, -0.2) is 24.5 Å². The Morgan fingerprint density at radius 2 is 2.24 bits per heavy atom. The number of rotatable bonds is 2. The molecule has 0 radical (unpaired) electrons. The lowest BCUT2D eigenvalue weighted by Gasteiger charge is -2.08. The summed E-state index contributed by atoms with van der Waals surface area (Å²) in [4.78, 5) is 15.3. The summed E-state index contributed by atoms with van der Waals surface area (Å²) in [5.41, 5.74) is 2.73. The maximum atomic E-state index is 10.7. The van der Waals surface area contributed by atoms with Crippen molar-refractivity contribution in [3.8, 4) is 0 Å². The highest BCUT2D eigenvalue weighted by Gasteiger charge is 2.18. The fraction of sp³-hybridized carbons (Fsp3) is 0.286. The van der Waals surface area contributed by atoms with E-state index in [2.05, 4.69) is 4.98 Å². The van der Waals surface area contributed by atoms with Crippen LogP contribution in [-0.2, 0) is 4.74 Å². The van der Waals surface area contributed by atoms with Gasteiger partial charge >= 0.3 is 0 Å². The number of hydrogen-bond acceptors (Lipinski definition) is 3. The second kappa shape index (κ2) is 4.26. The number of aldehydes is 1. The predicted molar refractivity (Wildman–Crippen MR) is 65.3 cm³/mol. The van der Waals surface area contributed by atoms with E-state index in [9.17, 15) is 4.79 Å². The van der Waals surface area contributed by atoms with Gasteiger partial charge in [0.15, 0.2) is 0 Å². The number of aromatic nitrogens is 1. The first kappa shape index (κ1) is 10.4. The molecule has 0 unspecified atom stereocenters. The van der Waals surface area contributed by atoms with Crippen LogP contribution in [0, 0.1) is 0 Å². The van der Waals surface area contributed by atoms with Gasteiger partial charge in [0.1, 0.15) is 6.29 Å². The molecule has 3 rings (SSSR count). The van der Waals surface area contributed by atoms with Crippen molar-refractivity contribution in [3.63, 3.8) is 0 Å². The molecular formula is C14H13NO2. The molecular weight excluding hydrogens is 214 g/mol. The first-order chi connectivity index (χ1) is 8.36. The lowest BCUT2D eigenvalue weighted by atomic mass is 10.0. The van der Waals surface area contributed by atoms with E-state index in [1.54, 1.807) is 6.07 Å². The van der Waals surface area contributed by atoms with Crippen molar-refractivity contribution in [3.05, 3.63) is 41.6 Å². The maximum absolute atomic E-state index is 10.7. The van der Waals surface area contributed by atoms with Crippen LogP contribution in [0.25, 0.3) is 10.9 Å². The van der Waals surface area contributed by atoms with E-state index in [0.29, 0.717) is 11.5 Å². The Balaban J connectivity index is 2.03. The molecule has 1 aromatic carbocycles. The highest BCUT2D eigenvalue weighted by molar-refractivity contribution is 5.86. The van der Waals surface area contributed by atoms with Gasteiger partial charge in [-0.1, -0.05) is 6.07 Å². The normalized spacial score (nSPS) is 19.6. The van der Waals surface area contributed by atoms with Crippen molar-refractivity contribution in [2.75, 3.05) is 13.2 Å². The van der Waals surface area contributed by atoms with E-state index in [1.165, 1.54) is 0 Å². The molecule has 2 heterocycles. The van der Waals surface area contributed by atoms with Crippen LogP contribution in [0.3, 0.4) is 0 Å². The summed E-state index contributed by atoms with van der Waals surface area (Å²) in [6.07, 6.45) is 1.91. The molecule has 3 heteroatoms. The van der Waals surface area contributed by atoms with Gasteiger partial charge in [-0.2, -0.15) is 0 Å². The number of nitrogens with zero attached hydrogens (tertiary/aromatic N) is 1. The monoisotopic (exact) mass is 227 g/mol. The van der Waals surface area contributed by atoms with Crippen molar-refractivity contribution in [2.24, 2.45) is 0 Å². The lowest BCUT2D eigenvalue weighted by Crippen LogP contribution is -2.00. The Hall–Kier alpha value is -1.74. The van der Waals surface area contributed by atoms with Crippen LogP contribution in [0.1, 0.15) is 28.4 Å². The summed E-state index contributed by atoms with van der Waals surface area (Å²) in [6.45, 7) is 1.60. The Kier molecular flexibility index (Phi) is 2.61. The first-order valence-electron chi connectivity index (χ1n) is 5.80. The number of fused-ring (bicyclic) bond motifs is 1. The second-order valence-corrected chi connectivity index (χ2v) is 4.37. The summed E-state index contributed by atoms with van der Waals surface area (Å²) in [5.74, 6) is 0.421. The lowest BCUT2D eigenvalue weighted by molar-refractivity contribution is 0.112. The molecule has 2 aromatic rings. The largest absolute Gasteiger partial charge is 0.381 e. The third-order valence-electron chi connectivity index (χ3n) is 3.22. The van der Waals surface area contributed by atoms with Crippen LogP contribution < -0.4 is 0 Å². The smallest absolute Gasteiger partial charge is 0.150 e. The van der Waals surface area contributed by atoms with E-state index in [4.69, 9.17) is 4.74 Å². The van der Waals surface area contributed by atoms with Crippen LogP contribution in [0.5, 0.6) is 0 Å². The van der Waals surface area contributed by atoms with Gasteiger partial charge in [-0.05, 0) is 30.7 Å². The average molecular weight is 227 g/mol. The molecule has 1 atom stereocenters.